The van der Waals surface area contributed by atoms with Crippen LogP contribution >= 0.6 is 0 Å². The van der Waals surface area contributed by atoms with Gasteiger partial charge in [0.15, 0.2) is 0 Å². The molecule has 0 aliphatic carbocycles. The number of carbonyl (C=O) groups is 1. The van der Waals surface area contributed by atoms with Crippen molar-refractivity contribution in [1.82, 2.24) is 10.0 Å². The molecule has 0 aliphatic rings. The fraction of sp³-hybridized carbons (Fsp3) is 0.500. The summed E-state index contributed by atoms with van der Waals surface area (Å²) in [6.45, 7) is 3.99. The van der Waals surface area contributed by atoms with Gasteiger partial charge in [-0.1, -0.05) is 23.2 Å². The summed E-state index contributed by atoms with van der Waals surface area (Å²) in [6, 6.07) is 0. The van der Waals surface area contributed by atoms with E-state index in [0.717, 1.165) is 6.20 Å². The molecule has 78 valence electrons. The van der Waals surface area contributed by atoms with Crippen LogP contribution in [0.3, 0.4) is 0 Å². The maximum atomic E-state index is 12.8. The van der Waals surface area contributed by atoms with Crippen molar-refractivity contribution >= 4 is 5.97 Å². The molecule has 1 heterocycles. The first kappa shape index (κ1) is 10.5. The molecule has 0 amide bonds. The molecule has 1 aromatic rings. The van der Waals surface area contributed by atoms with Crippen LogP contribution in [0.25, 0.3) is 0 Å². The number of carboxylic acids is 1. The fourth-order valence-corrected chi connectivity index (χ4v) is 0.839. The topological polar surface area (TPSA) is 64.3 Å². The van der Waals surface area contributed by atoms with Gasteiger partial charge >= 0.3 is 5.97 Å². The minimum absolute atomic E-state index is 0.0775. The van der Waals surface area contributed by atoms with Crippen LogP contribution in [0.4, 0.5) is 4.48 Å². The van der Waals surface area contributed by atoms with Gasteiger partial charge in [0, 0.05) is 0 Å². The minimum atomic E-state index is -1.26. The summed E-state index contributed by atoms with van der Waals surface area (Å²) < 4.78 is 17.8. The highest BCUT2D eigenvalue weighted by Crippen LogP contribution is 2.18. The molecule has 0 aromatic carbocycles. The molecule has 0 saturated carbocycles. The number of hydrogen-bond acceptors (Lipinski definition) is 3. The second-order valence-corrected chi connectivity index (χ2v) is 3.23. The SMILES string of the molecule is CC(C)COc1c(C(=O)O)cnn1F. The number of nitrogens with zero attached hydrogens (tertiary/aromatic N) is 2. The molecular formula is C8H11FN2O3. The van der Waals surface area contributed by atoms with Crippen LogP contribution in [-0.2, 0) is 0 Å². The number of rotatable bonds is 4. The van der Waals surface area contributed by atoms with Crippen LogP contribution in [0.1, 0.15) is 24.2 Å². The molecule has 14 heavy (non-hydrogen) atoms. The van der Waals surface area contributed by atoms with E-state index in [4.69, 9.17) is 9.84 Å². The molecular weight excluding hydrogens is 191 g/mol. The van der Waals surface area contributed by atoms with Crippen molar-refractivity contribution in [1.29, 1.82) is 0 Å². The van der Waals surface area contributed by atoms with Crippen LogP contribution in [0, 0.1) is 5.92 Å². The number of halogens is 1. The van der Waals surface area contributed by atoms with E-state index in [9.17, 15) is 9.28 Å². The number of aromatic nitrogens is 2. The Morgan fingerprint density at radius 1 is 1.79 bits per heavy atom. The molecule has 0 radical (unpaired) electrons. The molecule has 1 aromatic heterocycles. The summed E-state index contributed by atoms with van der Waals surface area (Å²) >= 11 is 0. The Morgan fingerprint density at radius 2 is 2.43 bits per heavy atom. The number of hydrogen-bond donors (Lipinski definition) is 1. The molecule has 0 unspecified atom stereocenters. The lowest BCUT2D eigenvalue weighted by atomic mass is 10.2. The predicted octanol–water partition coefficient (Wildman–Crippen LogP) is 1.35. The highest BCUT2D eigenvalue weighted by Gasteiger charge is 2.18. The van der Waals surface area contributed by atoms with Crippen molar-refractivity contribution in [2.45, 2.75) is 13.8 Å². The Kier molecular flexibility index (Phi) is 3.06. The zero-order valence-electron chi connectivity index (χ0n) is 7.90. The second kappa shape index (κ2) is 4.08. The van der Waals surface area contributed by atoms with Crippen LogP contribution in [0.15, 0.2) is 6.20 Å². The number of carboxylic acid groups (broad SMARTS) is 1. The van der Waals surface area contributed by atoms with Gasteiger partial charge in [-0.3, -0.25) is 0 Å². The zero-order valence-corrected chi connectivity index (χ0v) is 7.90. The zero-order chi connectivity index (χ0) is 10.7. The van der Waals surface area contributed by atoms with Crippen molar-refractivity contribution in [3.8, 4) is 5.88 Å². The Labute approximate surface area is 80.0 Å². The molecule has 1 rings (SSSR count). The maximum Gasteiger partial charge on any atom is 0.342 e. The molecule has 0 aliphatic heterocycles. The quantitative estimate of drug-likeness (QED) is 0.800. The van der Waals surface area contributed by atoms with E-state index in [-0.39, 0.29) is 28.9 Å². The largest absolute Gasteiger partial charge is 0.477 e. The van der Waals surface area contributed by atoms with Crippen LogP contribution < -0.4 is 4.74 Å². The van der Waals surface area contributed by atoms with Crippen molar-refractivity contribution in [2.24, 2.45) is 5.92 Å². The summed E-state index contributed by atoms with van der Waals surface area (Å²) in [5, 5.41) is 11.8. The Balaban J connectivity index is 2.83. The van der Waals surface area contributed by atoms with Gasteiger partial charge in [-0.2, -0.15) is 0 Å². The fourth-order valence-electron chi connectivity index (χ4n) is 0.839. The first-order valence-electron chi connectivity index (χ1n) is 4.12. The monoisotopic (exact) mass is 202 g/mol. The van der Waals surface area contributed by atoms with Gasteiger partial charge in [0.2, 0.25) is 0 Å². The van der Waals surface area contributed by atoms with E-state index in [0.29, 0.717) is 0 Å². The van der Waals surface area contributed by atoms with E-state index in [1.807, 2.05) is 13.8 Å². The Hall–Kier alpha value is -1.59. The molecule has 6 heteroatoms. The van der Waals surface area contributed by atoms with Gasteiger partial charge in [0.1, 0.15) is 5.56 Å². The van der Waals surface area contributed by atoms with E-state index >= 15 is 0 Å². The van der Waals surface area contributed by atoms with E-state index in [1.54, 1.807) is 0 Å². The summed E-state index contributed by atoms with van der Waals surface area (Å²) in [6.07, 6.45) is 0.915. The third kappa shape index (κ3) is 2.21. The normalized spacial score (nSPS) is 10.6. The van der Waals surface area contributed by atoms with Crippen molar-refractivity contribution < 1.29 is 19.1 Å². The molecule has 0 saturated heterocycles. The third-order valence-corrected chi connectivity index (χ3v) is 1.47. The number of ether oxygens (including phenoxy) is 1. The van der Waals surface area contributed by atoms with Crippen molar-refractivity contribution in [3.63, 3.8) is 0 Å². The summed E-state index contributed by atoms with van der Waals surface area (Å²) in [5.74, 6) is -1.43. The van der Waals surface area contributed by atoms with Gasteiger partial charge in [-0.05, 0) is 5.92 Å². The molecule has 0 spiro atoms. The summed E-state index contributed by atoms with van der Waals surface area (Å²) in [4.78, 5) is 10.5. The highest BCUT2D eigenvalue weighted by atomic mass is 19.2. The van der Waals surface area contributed by atoms with Crippen molar-refractivity contribution in [2.75, 3.05) is 6.61 Å². The molecule has 0 bridgehead atoms. The van der Waals surface area contributed by atoms with Gasteiger partial charge in [-0.15, -0.1) is 5.10 Å². The first-order valence-corrected chi connectivity index (χ1v) is 4.12. The first-order chi connectivity index (χ1) is 6.52. The lowest BCUT2D eigenvalue weighted by molar-refractivity contribution is 0.0688. The average Bonchev–Trinajstić information content (AvgIpc) is 2.43. The average molecular weight is 202 g/mol. The van der Waals surface area contributed by atoms with Gasteiger partial charge in [0.25, 0.3) is 5.88 Å². The van der Waals surface area contributed by atoms with Crippen LogP contribution in [0.2, 0.25) is 0 Å². The van der Waals surface area contributed by atoms with E-state index in [2.05, 4.69) is 5.10 Å². The molecule has 5 nitrogen and oxygen atoms in total. The Bertz CT molecular complexity index is 335. The lowest BCUT2D eigenvalue weighted by Crippen LogP contribution is -2.09. The van der Waals surface area contributed by atoms with Crippen LogP contribution in [0.5, 0.6) is 5.88 Å². The number of aromatic carboxylic acids is 1. The smallest absolute Gasteiger partial charge is 0.342 e. The molecule has 0 atom stereocenters. The second-order valence-electron chi connectivity index (χ2n) is 3.23. The summed E-state index contributed by atoms with van der Waals surface area (Å²) in [5.41, 5.74) is -0.270. The highest BCUT2D eigenvalue weighted by molar-refractivity contribution is 5.89. The molecule has 0 fully saturated rings. The molecule has 1 N–H and O–H groups in total. The predicted molar refractivity (Wildman–Crippen MR) is 46.0 cm³/mol. The van der Waals surface area contributed by atoms with Crippen molar-refractivity contribution in [3.05, 3.63) is 11.8 Å². The maximum absolute atomic E-state index is 12.8. The van der Waals surface area contributed by atoms with Gasteiger partial charge < -0.3 is 9.84 Å². The third-order valence-electron chi connectivity index (χ3n) is 1.47. The van der Waals surface area contributed by atoms with E-state index < -0.39 is 5.97 Å². The minimum Gasteiger partial charge on any atom is -0.477 e. The van der Waals surface area contributed by atoms with E-state index in [1.165, 1.54) is 0 Å². The Morgan fingerprint density at radius 3 is 2.93 bits per heavy atom. The lowest BCUT2D eigenvalue weighted by Gasteiger charge is -2.07. The van der Waals surface area contributed by atoms with Gasteiger partial charge in [-0.25, -0.2) is 4.79 Å². The van der Waals surface area contributed by atoms with Gasteiger partial charge in [0.05, 0.1) is 12.8 Å². The summed E-state index contributed by atoms with van der Waals surface area (Å²) in [7, 11) is 0. The van der Waals surface area contributed by atoms with Crippen LogP contribution in [-0.4, -0.2) is 27.7 Å². The standard InChI is InChI=1S/C8H11FN2O3/c1-5(2)4-14-7-6(8(12)13)3-10-11(7)9/h3,5H,4H2,1-2H3,(H,12,13).